The van der Waals surface area contributed by atoms with Gasteiger partial charge in [-0.3, -0.25) is 4.98 Å². The SMILES string of the molecule is O=C(OC(C(F)(F)F)(C(F)(F)F)C(F)(F)F)N1CCC2(CCc3cc(-c4ccc(CS(=O)(=O)Cc5ccccn5)cc4)ccc3O2)CC1. The summed E-state index contributed by atoms with van der Waals surface area (Å²) in [6.45, 7) is -1.00. The van der Waals surface area contributed by atoms with Crippen molar-refractivity contribution in [2.75, 3.05) is 13.1 Å². The second-order valence-corrected chi connectivity index (χ2v) is 13.8. The van der Waals surface area contributed by atoms with Crippen molar-refractivity contribution >= 4 is 15.9 Å². The van der Waals surface area contributed by atoms with E-state index in [1.807, 2.05) is 6.07 Å². The highest BCUT2D eigenvalue weighted by Gasteiger charge is 2.87. The van der Waals surface area contributed by atoms with Gasteiger partial charge in [0.15, 0.2) is 9.84 Å². The second kappa shape index (κ2) is 12.5. The highest BCUT2D eigenvalue weighted by Crippen LogP contribution is 2.55. The van der Waals surface area contributed by atoms with Crippen molar-refractivity contribution in [1.29, 1.82) is 0 Å². The van der Waals surface area contributed by atoms with Crippen molar-refractivity contribution in [2.24, 2.45) is 0 Å². The molecule has 1 amide bonds. The van der Waals surface area contributed by atoms with Crippen molar-refractivity contribution in [1.82, 2.24) is 9.88 Å². The molecule has 2 aromatic carbocycles. The minimum absolute atomic E-state index is 0.0783. The molecule has 1 spiro atoms. The first-order chi connectivity index (χ1) is 22.2. The summed E-state index contributed by atoms with van der Waals surface area (Å²) in [7, 11) is -3.47. The second-order valence-electron chi connectivity index (χ2n) is 11.7. The lowest BCUT2D eigenvalue weighted by Crippen LogP contribution is -2.69. The lowest BCUT2D eigenvalue weighted by Gasteiger charge is -2.45. The Kier molecular flexibility index (Phi) is 9.16. The van der Waals surface area contributed by atoms with E-state index in [0.717, 1.165) is 16.7 Å². The zero-order chi connectivity index (χ0) is 35.2. The molecule has 1 fully saturated rings. The highest BCUT2D eigenvalue weighted by atomic mass is 32.2. The van der Waals surface area contributed by atoms with E-state index in [1.54, 1.807) is 54.6 Å². The maximum Gasteiger partial charge on any atom is 0.447 e. The summed E-state index contributed by atoms with van der Waals surface area (Å²) in [6.07, 6.45) is -21.3. The third kappa shape index (κ3) is 7.05. The first-order valence-corrected chi connectivity index (χ1v) is 16.3. The summed E-state index contributed by atoms with van der Waals surface area (Å²) in [4.78, 5) is 16.7. The Bertz CT molecular complexity index is 1700. The largest absolute Gasteiger partial charge is 0.487 e. The first kappa shape index (κ1) is 35.3. The molecule has 5 rings (SSSR count). The monoisotopic (exact) mass is 710 g/mol. The van der Waals surface area contributed by atoms with Gasteiger partial charge in [-0.15, -0.1) is 0 Å². The summed E-state index contributed by atoms with van der Waals surface area (Å²) >= 11 is 0. The number of sulfone groups is 1. The van der Waals surface area contributed by atoms with Gasteiger partial charge in [-0.2, -0.15) is 39.5 Å². The molecule has 3 heterocycles. The van der Waals surface area contributed by atoms with Crippen LogP contribution in [0.1, 0.15) is 36.1 Å². The molecule has 17 heteroatoms. The predicted molar refractivity (Wildman–Crippen MR) is 152 cm³/mol. The average molecular weight is 711 g/mol. The Morgan fingerprint density at radius 1 is 0.812 bits per heavy atom. The number of pyridine rings is 1. The molecular formula is C31H27F9N2O5S. The normalized spacial score (nSPS) is 17.1. The van der Waals surface area contributed by atoms with Crippen LogP contribution >= 0.6 is 0 Å². The maximum absolute atomic E-state index is 13.2. The first-order valence-electron chi connectivity index (χ1n) is 14.4. The standard InChI is InChI=1S/C31H27F9N2O5S/c32-29(33,34)28(30(35,36)37,31(38,39)40)47-26(43)42-15-12-27(13-16-42)11-10-23-17-22(8-9-25(23)46-27)21-6-4-20(5-7-21)18-48(44,45)19-24-3-1-2-14-41-24/h1-9,14,17H,10-13,15-16,18-19H2. The van der Waals surface area contributed by atoms with E-state index in [0.29, 0.717) is 34.7 Å². The van der Waals surface area contributed by atoms with Gasteiger partial charge < -0.3 is 14.4 Å². The molecule has 1 aromatic heterocycles. The molecule has 0 unspecified atom stereocenters. The highest BCUT2D eigenvalue weighted by molar-refractivity contribution is 7.89. The topological polar surface area (TPSA) is 85.8 Å². The number of benzene rings is 2. The van der Waals surface area contributed by atoms with E-state index < -0.39 is 58.8 Å². The van der Waals surface area contributed by atoms with Gasteiger partial charge in [0.1, 0.15) is 11.4 Å². The van der Waals surface area contributed by atoms with E-state index >= 15 is 0 Å². The third-order valence-corrected chi connectivity index (χ3v) is 9.88. The van der Waals surface area contributed by atoms with Crippen LogP contribution in [0.25, 0.3) is 11.1 Å². The van der Waals surface area contributed by atoms with Crippen LogP contribution in [-0.4, -0.2) is 67.2 Å². The number of likely N-dealkylation sites (tertiary alicyclic amines) is 1. The molecule has 3 aromatic rings. The van der Waals surface area contributed by atoms with Crippen molar-refractivity contribution in [3.8, 4) is 16.9 Å². The van der Waals surface area contributed by atoms with Gasteiger partial charge in [-0.25, -0.2) is 13.2 Å². The third-order valence-electron chi connectivity index (χ3n) is 8.38. The molecule has 2 aliphatic rings. The van der Waals surface area contributed by atoms with Gasteiger partial charge in [-0.05, 0) is 59.4 Å². The van der Waals surface area contributed by atoms with Gasteiger partial charge in [-0.1, -0.05) is 36.4 Å². The van der Waals surface area contributed by atoms with Crippen LogP contribution < -0.4 is 4.74 Å². The fourth-order valence-electron chi connectivity index (χ4n) is 5.81. The maximum atomic E-state index is 13.2. The molecule has 7 nitrogen and oxygen atoms in total. The van der Waals surface area contributed by atoms with E-state index in [-0.39, 0.29) is 24.3 Å². The minimum atomic E-state index is -7.02. The van der Waals surface area contributed by atoms with Gasteiger partial charge in [0.25, 0.3) is 0 Å². The Morgan fingerprint density at radius 3 is 1.98 bits per heavy atom. The number of aryl methyl sites for hydroxylation is 1. The molecule has 0 N–H and O–H groups in total. The molecule has 0 bridgehead atoms. The van der Waals surface area contributed by atoms with Gasteiger partial charge >= 0.3 is 30.2 Å². The summed E-state index contributed by atoms with van der Waals surface area (Å²) < 4.78 is 154. The van der Waals surface area contributed by atoms with Crippen LogP contribution in [0.2, 0.25) is 0 Å². The van der Waals surface area contributed by atoms with Gasteiger partial charge in [0, 0.05) is 32.1 Å². The van der Waals surface area contributed by atoms with E-state index in [1.165, 1.54) is 6.20 Å². The number of aromatic nitrogens is 1. The zero-order valence-corrected chi connectivity index (χ0v) is 25.6. The quantitative estimate of drug-likeness (QED) is 0.245. The molecule has 0 saturated carbocycles. The van der Waals surface area contributed by atoms with Crippen LogP contribution in [0, 0.1) is 0 Å². The van der Waals surface area contributed by atoms with Crippen LogP contribution in [0.5, 0.6) is 5.75 Å². The number of alkyl halides is 9. The fourth-order valence-corrected chi connectivity index (χ4v) is 7.23. The van der Waals surface area contributed by atoms with Crippen LogP contribution in [-0.2, 0) is 32.5 Å². The number of halogens is 9. The Balaban J connectivity index is 1.22. The number of fused-ring (bicyclic) bond motifs is 1. The van der Waals surface area contributed by atoms with Gasteiger partial charge in [0.05, 0.1) is 17.2 Å². The molecule has 260 valence electrons. The molecule has 1 saturated heterocycles. The lowest BCUT2D eigenvalue weighted by molar-refractivity contribution is -0.444. The Morgan fingerprint density at radius 2 is 1.42 bits per heavy atom. The van der Waals surface area contributed by atoms with Crippen molar-refractivity contribution < 1.29 is 62.2 Å². The lowest BCUT2D eigenvalue weighted by atomic mass is 9.82. The number of carbonyl (C=O) groups excluding carboxylic acids is 1. The zero-order valence-electron chi connectivity index (χ0n) is 24.8. The number of rotatable bonds is 6. The Labute approximate surface area is 268 Å². The molecule has 0 radical (unpaired) electrons. The number of hydrogen-bond donors (Lipinski definition) is 0. The number of nitrogens with zero attached hydrogens (tertiary/aromatic N) is 2. The predicted octanol–water partition coefficient (Wildman–Crippen LogP) is 7.59. The van der Waals surface area contributed by atoms with Crippen molar-refractivity contribution in [3.05, 3.63) is 83.7 Å². The van der Waals surface area contributed by atoms with E-state index in [9.17, 15) is 52.7 Å². The van der Waals surface area contributed by atoms with Crippen LogP contribution in [0.3, 0.4) is 0 Å². The minimum Gasteiger partial charge on any atom is -0.487 e. The Hall–Kier alpha value is -4.02. The van der Waals surface area contributed by atoms with Gasteiger partial charge in [0.2, 0.25) is 0 Å². The smallest absolute Gasteiger partial charge is 0.447 e. The fraction of sp³-hybridized carbons (Fsp3) is 0.419. The molecular weight excluding hydrogens is 683 g/mol. The van der Waals surface area contributed by atoms with Crippen LogP contribution in [0.15, 0.2) is 66.9 Å². The molecule has 48 heavy (non-hydrogen) atoms. The van der Waals surface area contributed by atoms with Crippen LogP contribution in [0.4, 0.5) is 44.3 Å². The van der Waals surface area contributed by atoms with Crippen molar-refractivity contribution in [2.45, 2.75) is 66.9 Å². The van der Waals surface area contributed by atoms with E-state index in [2.05, 4.69) is 9.72 Å². The van der Waals surface area contributed by atoms with E-state index in [4.69, 9.17) is 4.74 Å². The summed E-state index contributed by atoms with van der Waals surface area (Å²) in [5.74, 6) is 0.0924. The summed E-state index contributed by atoms with van der Waals surface area (Å²) in [5.41, 5.74) is -4.21. The number of piperidine rings is 1. The number of ether oxygens (including phenoxy) is 2. The number of amides is 1. The average Bonchev–Trinajstić information content (AvgIpc) is 2.98. The summed E-state index contributed by atoms with van der Waals surface area (Å²) in [5, 5.41) is 0. The summed E-state index contributed by atoms with van der Waals surface area (Å²) in [6, 6.07) is 17.3. The van der Waals surface area contributed by atoms with Crippen molar-refractivity contribution in [3.63, 3.8) is 0 Å². The number of carbonyl (C=O) groups is 1. The molecule has 0 atom stereocenters. The molecule has 2 aliphatic heterocycles. The molecule has 0 aliphatic carbocycles. The number of hydrogen-bond acceptors (Lipinski definition) is 6.